The molecule has 0 radical (unpaired) electrons. The minimum Gasteiger partial charge on any atom is -0.477 e. The van der Waals surface area contributed by atoms with E-state index in [4.69, 9.17) is 5.11 Å². The first-order chi connectivity index (χ1) is 9.89. The molecule has 0 saturated heterocycles. The number of carboxylic acid groups (broad SMARTS) is 1. The van der Waals surface area contributed by atoms with Crippen molar-refractivity contribution in [1.29, 1.82) is 0 Å². The highest BCUT2D eigenvalue weighted by molar-refractivity contribution is 5.93. The second-order valence-corrected chi connectivity index (χ2v) is 5.01. The van der Waals surface area contributed by atoms with Gasteiger partial charge in [-0.15, -0.1) is 0 Å². The van der Waals surface area contributed by atoms with E-state index in [-0.39, 0.29) is 17.6 Å². The van der Waals surface area contributed by atoms with Crippen molar-refractivity contribution in [3.8, 4) is 0 Å². The first-order valence-corrected chi connectivity index (χ1v) is 6.75. The van der Waals surface area contributed by atoms with Crippen molar-refractivity contribution >= 4 is 17.3 Å². The summed E-state index contributed by atoms with van der Waals surface area (Å²) in [5.41, 5.74) is -0.619. The lowest BCUT2D eigenvalue weighted by Crippen LogP contribution is -2.32. The molecule has 0 amide bonds. The Bertz CT molecular complexity index is 518. The molecule has 1 rings (SSSR count). The van der Waals surface area contributed by atoms with Gasteiger partial charge in [-0.05, 0) is 25.0 Å². The van der Waals surface area contributed by atoms with Crippen molar-refractivity contribution in [2.24, 2.45) is 5.41 Å². The molecule has 0 aliphatic rings. The summed E-state index contributed by atoms with van der Waals surface area (Å²) in [6.07, 6.45) is 1.53. The fourth-order valence-electron chi connectivity index (χ4n) is 2.04. The Kier molecular flexibility index (Phi) is 5.66. The first kappa shape index (κ1) is 16.9. The van der Waals surface area contributed by atoms with Crippen molar-refractivity contribution in [1.82, 2.24) is 0 Å². The lowest BCUT2D eigenvalue weighted by atomic mass is 9.83. The topological polar surface area (TPSA) is 113 Å². The van der Waals surface area contributed by atoms with Gasteiger partial charge in [0, 0.05) is 23.7 Å². The van der Waals surface area contributed by atoms with E-state index in [0.29, 0.717) is 12.2 Å². The quantitative estimate of drug-likeness (QED) is 0.502. The molecule has 0 aliphatic heterocycles. The number of nitro groups is 1. The van der Waals surface area contributed by atoms with Crippen LogP contribution in [0.1, 0.15) is 37.0 Å². The third-order valence-corrected chi connectivity index (χ3v) is 3.93. The van der Waals surface area contributed by atoms with E-state index >= 15 is 0 Å². The van der Waals surface area contributed by atoms with E-state index in [1.807, 2.05) is 13.8 Å². The number of anilines is 1. The van der Waals surface area contributed by atoms with Gasteiger partial charge in [0.05, 0.1) is 11.5 Å². The van der Waals surface area contributed by atoms with Gasteiger partial charge in [-0.1, -0.05) is 13.8 Å². The molecule has 0 atom stereocenters. The van der Waals surface area contributed by atoms with Crippen LogP contribution in [-0.4, -0.2) is 34.3 Å². The molecule has 0 heterocycles. The highest BCUT2D eigenvalue weighted by Gasteiger charge is 2.26. The number of nitro benzene ring substituents is 1. The molecule has 0 unspecified atom stereocenters. The normalized spacial score (nSPS) is 11.2. The van der Waals surface area contributed by atoms with Gasteiger partial charge in [-0.3, -0.25) is 10.1 Å². The molecule has 0 aromatic heterocycles. The monoisotopic (exact) mass is 296 g/mol. The van der Waals surface area contributed by atoms with Gasteiger partial charge in [-0.2, -0.15) is 0 Å². The van der Waals surface area contributed by atoms with Gasteiger partial charge in [0.1, 0.15) is 5.56 Å². The summed E-state index contributed by atoms with van der Waals surface area (Å²) in [6.45, 7) is 4.41. The van der Waals surface area contributed by atoms with E-state index in [1.165, 1.54) is 18.2 Å². The van der Waals surface area contributed by atoms with Crippen LogP contribution in [0.25, 0.3) is 0 Å². The molecule has 0 spiro atoms. The third-order valence-electron chi connectivity index (χ3n) is 3.93. The lowest BCUT2D eigenvalue weighted by molar-refractivity contribution is -0.385. The van der Waals surface area contributed by atoms with E-state index in [2.05, 4.69) is 5.32 Å². The number of rotatable bonds is 8. The number of nitrogens with zero attached hydrogens (tertiary/aromatic N) is 1. The number of aliphatic hydroxyl groups is 1. The van der Waals surface area contributed by atoms with E-state index < -0.39 is 16.6 Å². The van der Waals surface area contributed by atoms with Crippen LogP contribution in [0.2, 0.25) is 0 Å². The highest BCUT2D eigenvalue weighted by Crippen LogP contribution is 2.28. The molecule has 0 saturated carbocycles. The van der Waals surface area contributed by atoms with Crippen LogP contribution in [0.15, 0.2) is 18.2 Å². The fourth-order valence-corrected chi connectivity index (χ4v) is 2.04. The Hall–Kier alpha value is -2.15. The van der Waals surface area contributed by atoms with Crippen LogP contribution in [0.5, 0.6) is 0 Å². The number of hydrogen-bond donors (Lipinski definition) is 3. The van der Waals surface area contributed by atoms with Gasteiger partial charge in [0.25, 0.3) is 5.69 Å². The Balaban J connectivity index is 2.98. The van der Waals surface area contributed by atoms with E-state index in [9.17, 15) is 20.0 Å². The van der Waals surface area contributed by atoms with Crippen LogP contribution < -0.4 is 5.32 Å². The molecule has 1 aromatic rings. The molecule has 0 fully saturated rings. The Morgan fingerprint density at radius 3 is 2.43 bits per heavy atom. The Labute approximate surface area is 122 Å². The van der Waals surface area contributed by atoms with Crippen molar-refractivity contribution < 1.29 is 19.9 Å². The molecule has 0 aliphatic carbocycles. The second kappa shape index (κ2) is 7.03. The summed E-state index contributed by atoms with van der Waals surface area (Å²) >= 11 is 0. The number of aliphatic hydroxyl groups excluding tert-OH is 1. The summed E-state index contributed by atoms with van der Waals surface area (Å²) in [5.74, 6) is -1.33. The number of carboxylic acids is 1. The minimum absolute atomic E-state index is 0.0162. The number of benzene rings is 1. The van der Waals surface area contributed by atoms with Crippen molar-refractivity contribution in [2.45, 2.75) is 26.7 Å². The highest BCUT2D eigenvalue weighted by atomic mass is 16.6. The predicted molar refractivity (Wildman–Crippen MR) is 78.6 cm³/mol. The second-order valence-electron chi connectivity index (χ2n) is 5.01. The largest absolute Gasteiger partial charge is 0.477 e. The molecule has 21 heavy (non-hydrogen) atoms. The minimum atomic E-state index is -1.33. The van der Waals surface area contributed by atoms with Crippen LogP contribution in [0.3, 0.4) is 0 Å². The SMILES string of the molecule is CCC(CC)(CO)CNc1ccc(C(=O)O)c([N+](=O)[O-])c1. The molecule has 0 bridgehead atoms. The molecular weight excluding hydrogens is 276 g/mol. The van der Waals surface area contributed by atoms with E-state index in [0.717, 1.165) is 12.8 Å². The molecule has 7 heteroatoms. The molecule has 3 N–H and O–H groups in total. The maximum Gasteiger partial charge on any atom is 0.342 e. The average molecular weight is 296 g/mol. The molecule has 116 valence electrons. The van der Waals surface area contributed by atoms with Gasteiger partial charge in [-0.25, -0.2) is 4.79 Å². The van der Waals surface area contributed by atoms with Crippen LogP contribution >= 0.6 is 0 Å². The van der Waals surface area contributed by atoms with Crippen molar-refractivity contribution in [3.05, 3.63) is 33.9 Å². The van der Waals surface area contributed by atoms with Gasteiger partial charge >= 0.3 is 5.97 Å². The molecular formula is C14H20N2O5. The summed E-state index contributed by atoms with van der Waals surface area (Å²) in [5, 5.41) is 32.4. The van der Waals surface area contributed by atoms with E-state index in [1.54, 1.807) is 0 Å². The number of aromatic carboxylic acids is 1. The van der Waals surface area contributed by atoms with Crippen LogP contribution in [0.4, 0.5) is 11.4 Å². The maximum atomic E-state index is 10.9. The Morgan fingerprint density at radius 1 is 1.38 bits per heavy atom. The average Bonchev–Trinajstić information content (AvgIpc) is 2.48. The summed E-state index contributed by atoms with van der Waals surface area (Å²) in [7, 11) is 0. The molecule has 7 nitrogen and oxygen atoms in total. The maximum absolute atomic E-state index is 10.9. The number of hydrogen-bond acceptors (Lipinski definition) is 5. The fraction of sp³-hybridized carbons (Fsp3) is 0.500. The predicted octanol–water partition coefficient (Wildman–Crippen LogP) is 2.50. The van der Waals surface area contributed by atoms with Gasteiger partial charge in [0.2, 0.25) is 0 Å². The zero-order chi connectivity index (χ0) is 16.0. The Morgan fingerprint density at radius 2 is 2.00 bits per heavy atom. The first-order valence-electron chi connectivity index (χ1n) is 6.75. The standard InChI is InChI=1S/C14H20N2O5/c1-3-14(4-2,9-17)8-15-10-5-6-11(13(18)19)12(7-10)16(20)21/h5-7,15,17H,3-4,8-9H2,1-2H3,(H,18,19). The zero-order valence-corrected chi connectivity index (χ0v) is 12.1. The number of nitrogens with one attached hydrogen (secondary N) is 1. The third kappa shape index (κ3) is 3.91. The van der Waals surface area contributed by atoms with Gasteiger partial charge < -0.3 is 15.5 Å². The lowest BCUT2D eigenvalue weighted by Gasteiger charge is -2.30. The molecule has 1 aromatic carbocycles. The van der Waals surface area contributed by atoms with Crippen molar-refractivity contribution in [2.75, 3.05) is 18.5 Å². The summed E-state index contributed by atoms with van der Waals surface area (Å²) < 4.78 is 0. The van der Waals surface area contributed by atoms with Crippen molar-refractivity contribution in [3.63, 3.8) is 0 Å². The zero-order valence-electron chi connectivity index (χ0n) is 12.1. The van der Waals surface area contributed by atoms with Gasteiger partial charge in [0.15, 0.2) is 0 Å². The smallest absolute Gasteiger partial charge is 0.342 e. The van der Waals surface area contributed by atoms with Crippen LogP contribution in [-0.2, 0) is 0 Å². The summed E-state index contributed by atoms with van der Waals surface area (Å²) in [6, 6.07) is 3.90. The van der Waals surface area contributed by atoms with Crippen LogP contribution in [0, 0.1) is 15.5 Å². The number of carbonyl (C=O) groups is 1. The summed E-state index contributed by atoms with van der Waals surface area (Å²) in [4.78, 5) is 21.1.